The van der Waals surface area contributed by atoms with Crippen LogP contribution in [0.25, 0.3) is 0 Å². The fourth-order valence-electron chi connectivity index (χ4n) is 2.61. The van der Waals surface area contributed by atoms with Crippen LogP contribution in [0, 0.1) is 0 Å². The van der Waals surface area contributed by atoms with Gasteiger partial charge in [0.1, 0.15) is 5.54 Å². The molecule has 1 fully saturated rings. The van der Waals surface area contributed by atoms with E-state index in [4.69, 9.17) is 23.2 Å². The molecule has 1 saturated carbocycles. The maximum absolute atomic E-state index is 12.0. The van der Waals surface area contributed by atoms with Crippen LogP contribution in [0.3, 0.4) is 0 Å². The van der Waals surface area contributed by atoms with Crippen LogP contribution >= 0.6 is 23.2 Å². The number of carboxylic acids is 1. The van der Waals surface area contributed by atoms with Gasteiger partial charge in [-0.3, -0.25) is 9.59 Å². The molecule has 2 rings (SSSR count). The number of carbonyl (C=O) groups is 3. The van der Waals surface area contributed by atoms with Gasteiger partial charge in [-0.25, -0.2) is 4.79 Å². The van der Waals surface area contributed by atoms with Crippen LogP contribution < -0.4 is 10.6 Å². The van der Waals surface area contributed by atoms with Crippen molar-refractivity contribution in [3.63, 3.8) is 0 Å². The second-order valence-corrected chi connectivity index (χ2v) is 6.29. The van der Waals surface area contributed by atoms with Crippen LogP contribution in [-0.2, 0) is 9.59 Å². The van der Waals surface area contributed by atoms with Crippen LogP contribution in [0.1, 0.15) is 36.0 Å². The number of aliphatic carboxylic acids is 1. The van der Waals surface area contributed by atoms with Crippen molar-refractivity contribution in [3.8, 4) is 0 Å². The predicted molar refractivity (Wildman–Crippen MR) is 85.8 cm³/mol. The quantitative estimate of drug-likeness (QED) is 0.751. The molecule has 0 saturated heterocycles. The molecule has 1 aromatic rings. The Balaban J connectivity index is 1.95. The largest absolute Gasteiger partial charge is 0.480 e. The van der Waals surface area contributed by atoms with Gasteiger partial charge in [-0.2, -0.15) is 0 Å². The van der Waals surface area contributed by atoms with Crippen molar-refractivity contribution in [2.75, 3.05) is 6.54 Å². The first kappa shape index (κ1) is 17.6. The third-order valence-corrected chi connectivity index (χ3v) is 4.39. The van der Waals surface area contributed by atoms with Crippen molar-refractivity contribution >= 4 is 41.0 Å². The van der Waals surface area contributed by atoms with Crippen molar-refractivity contribution in [1.29, 1.82) is 0 Å². The molecular formula is C15H16Cl2N2O4. The van der Waals surface area contributed by atoms with E-state index in [-0.39, 0.29) is 17.1 Å². The van der Waals surface area contributed by atoms with Gasteiger partial charge in [-0.05, 0) is 31.0 Å². The number of nitrogens with one attached hydrogen (secondary N) is 2. The summed E-state index contributed by atoms with van der Waals surface area (Å²) in [4.78, 5) is 35.3. The van der Waals surface area contributed by atoms with E-state index in [0.29, 0.717) is 17.9 Å². The molecule has 23 heavy (non-hydrogen) atoms. The fourth-order valence-corrected chi connectivity index (χ4v) is 2.98. The molecule has 0 aromatic heterocycles. The Morgan fingerprint density at radius 2 is 1.83 bits per heavy atom. The molecule has 0 spiro atoms. The molecule has 0 unspecified atom stereocenters. The molecule has 0 atom stereocenters. The predicted octanol–water partition coefficient (Wildman–Crippen LogP) is 2.24. The first-order chi connectivity index (χ1) is 10.8. The van der Waals surface area contributed by atoms with Gasteiger partial charge < -0.3 is 15.7 Å². The molecular weight excluding hydrogens is 343 g/mol. The van der Waals surface area contributed by atoms with Crippen molar-refractivity contribution in [2.45, 2.75) is 31.2 Å². The third kappa shape index (κ3) is 4.14. The van der Waals surface area contributed by atoms with E-state index in [1.165, 1.54) is 12.1 Å². The van der Waals surface area contributed by atoms with Gasteiger partial charge in [-0.1, -0.05) is 36.0 Å². The van der Waals surface area contributed by atoms with Gasteiger partial charge in [0, 0.05) is 5.02 Å². The minimum Gasteiger partial charge on any atom is -0.480 e. The highest BCUT2D eigenvalue weighted by atomic mass is 35.5. The van der Waals surface area contributed by atoms with Gasteiger partial charge in [0.05, 0.1) is 17.1 Å². The number of carbonyl (C=O) groups excluding carboxylic acids is 2. The van der Waals surface area contributed by atoms with Crippen molar-refractivity contribution < 1.29 is 19.5 Å². The summed E-state index contributed by atoms with van der Waals surface area (Å²) in [6.45, 7) is -0.337. The van der Waals surface area contributed by atoms with E-state index in [1.54, 1.807) is 6.07 Å². The Bertz CT molecular complexity index is 642. The molecule has 2 amide bonds. The average molecular weight is 359 g/mol. The van der Waals surface area contributed by atoms with E-state index in [0.717, 1.165) is 12.8 Å². The first-order valence-corrected chi connectivity index (χ1v) is 7.87. The number of rotatable bonds is 5. The zero-order valence-corrected chi connectivity index (χ0v) is 13.7. The third-order valence-electron chi connectivity index (χ3n) is 3.83. The Kier molecular flexibility index (Phi) is 5.49. The Hall–Kier alpha value is -1.79. The Morgan fingerprint density at radius 1 is 1.17 bits per heavy atom. The van der Waals surface area contributed by atoms with Crippen molar-refractivity contribution in [3.05, 3.63) is 33.8 Å². The minimum absolute atomic E-state index is 0.154. The molecule has 0 heterocycles. The number of hydrogen-bond donors (Lipinski definition) is 3. The van der Waals surface area contributed by atoms with Gasteiger partial charge in [0.15, 0.2) is 0 Å². The highest BCUT2D eigenvalue weighted by Crippen LogP contribution is 2.29. The van der Waals surface area contributed by atoms with E-state index in [9.17, 15) is 19.5 Å². The summed E-state index contributed by atoms with van der Waals surface area (Å²) in [7, 11) is 0. The summed E-state index contributed by atoms with van der Waals surface area (Å²) in [6, 6.07) is 4.42. The first-order valence-electron chi connectivity index (χ1n) is 7.12. The lowest BCUT2D eigenvalue weighted by Gasteiger charge is -2.25. The topological polar surface area (TPSA) is 95.5 Å². The van der Waals surface area contributed by atoms with Crippen LogP contribution in [0.2, 0.25) is 10.0 Å². The highest BCUT2D eigenvalue weighted by molar-refractivity contribution is 6.35. The summed E-state index contributed by atoms with van der Waals surface area (Å²) in [5, 5.41) is 14.8. The SMILES string of the molecule is O=C(CNC(=O)c1cc(Cl)ccc1Cl)NC1(C(=O)O)CCCC1. The second kappa shape index (κ2) is 7.19. The molecule has 124 valence electrons. The monoisotopic (exact) mass is 358 g/mol. The Labute approximate surface area is 143 Å². The average Bonchev–Trinajstić information content (AvgIpc) is 2.97. The smallest absolute Gasteiger partial charge is 0.329 e. The van der Waals surface area contributed by atoms with Crippen LogP contribution in [0.5, 0.6) is 0 Å². The summed E-state index contributed by atoms with van der Waals surface area (Å²) >= 11 is 11.7. The van der Waals surface area contributed by atoms with Gasteiger partial charge in [0.2, 0.25) is 5.91 Å². The van der Waals surface area contributed by atoms with E-state index in [2.05, 4.69) is 10.6 Å². The summed E-state index contributed by atoms with van der Waals surface area (Å²) in [5.41, 5.74) is -1.07. The maximum atomic E-state index is 12.0. The lowest BCUT2D eigenvalue weighted by Crippen LogP contribution is -2.54. The number of amides is 2. The van der Waals surface area contributed by atoms with E-state index >= 15 is 0 Å². The van der Waals surface area contributed by atoms with Crippen LogP contribution in [-0.4, -0.2) is 35.0 Å². The fraction of sp³-hybridized carbons (Fsp3) is 0.400. The molecule has 1 aliphatic rings. The molecule has 1 aromatic carbocycles. The van der Waals surface area contributed by atoms with Crippen molar-refractivity contribution in [2.24, 2.45) is 0 Å². The number of hydrogen-bond acceptors (Lipinski definition) is 3. The number of carboxylic acid groups (broad SMARTS) is 1. The number of benzene rings is 1. The lowest BCUT2D eigenvalue weighted by molar-refractivity contribution is -0.147. The summed E-state index contributed by atoms with van der Waals surface area (Å²) in [5.74, 6) is -2.16. The molecule has 0 radical (unpaired) electrons. The van der Waals surface area contributed by atoms with E-state index in [1.807, 2.05) is 0 Å². The molecule has 1 aliphatic carbocycles. The Morgan fingerprint density at radius 3 is 2.43 bits per heavy atom. The van der Waals surface area contributed by atoms with Gasteiger partial charge in [0.25, 0.3) is 5.91 Å². The molecule has 8 heteroatoms. The molecule has 0 aliphatic heterocycles. The maximum Gasteiger partial charge on any atom is 0.329 e. The summed E-state index contributed by atoms with van der Waals surface area (Å²) < 4.78 is 0. The molecule has 6 nitrogen and oxygen atoms in total. The standard InChI is InChI=1S/C15H16Cl2N2O4/c16-9-3-4-11(17)10(7-9)13(21)18-8-12(20)19-15(14(22)23)5-1-2-6-15/h3-4,7H,1-2,5-6,8H2,(H,18,21)(H,19,20)(H,22,23). The number of halogens is 2. The zero-order chi connectivity index (χ0) is 17.0. The highest BCUT2D eigenvalue weighted by Gasteiger charge is 2.42. The second-order valence-electron chi connectivity index (χ2n) is 5.45. The van der Waals surface area contributed by atoms with Crippen molar-refractivity contribution in [1.82, 2.24) is 10.6 Å². The minimum atomic E-state index is -1.23. The zero-order valence-electron chi connectivity index (χ0n) is 12.2. The van der Waals surface area contributed by atoms with Crippen LogP contribution in [0.15, 0.2) is 18.2 Å². The lowest BCUT2D eigenvalue weighted by atomic mass is 9.98. The van der Waals surface area contributed by atoms with E-state index < -0.39 is 23.3 Å². The molecule has 0 bridgehead atoms. The van der Waals surface area contributed by atoms with Crippen LogP contribution in [0.4, 0.5) is 0 Å². The van der Waals surface area contributed by atoms with Gasteiger partial charge >= 0.3 is 5.97 Å². The summed E-state index contributed by atoms with van der Waals surface area (Å²) in [6.07, 6.45) is 2.28. The molecule has 3 N–H and O–H groups in total. The van der Waals surface area contributed by atoms with Gasteiger partial charge in [-0.15, -0.1) is 0 Å². The normalized spacial score (nSPS) is 15.9.